The van der Waals surface area contributed by atoms with Gasteiger partial charge in [0.05, 0.1) is 60.8 Å². The highest BCUT2D eigenvalue weighted by Gasteiger charge is 2.60. The maximum absolute atomic E-state index is 13.9. The summed E-state index contributed by atoms with van der Waals surface area (Å²) in [6, 6.07) is 3.23. The lowest BCUT2D eigenvalue weighted by molar-refractivity contribution is -0.156. The van der Waals surface area contributed by atoms with Crippen molar-refractivity contribution >= 4 is 59.2 Å². The molecule has 0 saturated heterocycles. The number of nitrogens with zero attached hydrogens (tertiary/aromatic N) is 6. The average molecular weight is 781 g/mol. The predicted molar refractivity (Wildman–Crippen MR) is 217 cm³/mol. The Morgan fingerprint density at radius 1 is 1.09 bits per heavy atom. The highest BCUT2D eigenvalue weighted by molar-refractivity contribution is 6.05. The minimum atomic E-state index is -0.862. The molecule has 16 nitrogen and oxygen atoms in total. The zero-order valence-electron chi connectivity index (χ0n) is 33.0. The Morgan fingerprint density at radius 3 is 2.42 bits per heavy atom. The lowest BCUT2D eigenvalue weighted by Crippen LogP contribution is -2.63. The molecule has 3 aliphatic heterocycles. The smallest absolute Gasteiger partial charge is 0.341 e. The van der Waals surface area contributed by atoms with Gasteiger partial charge in [0.15, 0.2) is 0 Å². The van der Waals surface area contributed by atoms with Gasteiger partial charge in [-0.25, -0.2) is 29.7 Å². The molecule has 9 atom stereocenters. The summed E-state index contributed by atoms with van der Waals surface area (Å²) in [6.45, 7) is 12.7. The van der Waals surface area contributed by atoms with Crippen molar-refractivity contribution in [1.29, 1.82) is 0 Å². The second-order valence-corrected chi connectivity index (χ2v) is 16.3. The van der Waals surface area contributed by atoms with Gasteiger partial charge in [-0.1, -0.05) is 32.1 Å². The van der Waals surface area contributed by atoms with Crippen LogP contribution in [0.2, 0.25) is 0 Å². The number of benzene rings is 1. The highest BCUT2D eigenvalue weighted by Crippen LogP contribution is 2.62. The summed E-state index contributed by atoms with van der Waals surface area (Å²) in [4.78, 5) is 61.7. The molecule has 6 N–H and O–H groups in total. The lowest BCUT2D eigenvalue weighted by Gasteiger charge is -2.62. The Kier molecular flexibility index (Phi) is 11.2. The van der Waals surface area contributed by atoms with Gasteiger partial charge >= 0.3 is 5.97 Å². The molecule has 2 aliphatic carbocycles. The Balaban J connectivity index is 1.23. The number of aliphatic hydroxyl groups excluding tert-OH is 2. The third-order valence-electron chi connectivity index (χ3n) is 12.7. The van der Waals surface area contributed by atoms with Gasteiger partial charge in [-0.05, 0) is 86.6 Å². The van der Waals surface area contributed by atoms with Crippen LogP contribution in [0.3, 0.4) is 0 Å². The number of hydrogen-bond donors (Lipinski definition) is 6. The first-order chi connectivity index (χ1) is 27.2. The van der Waals surface area contributed by atoms with Crippen LogP contribution in [-0.4, -0.2) is 112 Å². The third kappa shape index (κ3) is 7.91. The number of aromatic nitrogens is 2. The molecule has 0 bridgehead atoms. The van der Waals surface area contributed by atoms with Gasteiger partial charge in [-0.15, -0.1) is 0 Å². The van der Waals surface area contributed by atoms with E-state index in [2.05, 4.69) is 59.7 Å². The molecule has 5 aliphatic rings. The van der Waals surface area contributed by atoms with Crippen molar-refractivity contribution in [3.8, 4) is 0 Å². The number of aliphatic imine (C=N–C) groups is 4. The maximum atomic E-state index is 13.9. The number of aryl methyl sites for hydroxylation is 1. The van der Waals surface area contributed by atoms with E-state index in [9.17, 15) is 24.6 Å². The normalized spacial score (nSPS) is 30.4. The number of allylic oxidation sites excluding steroid dienone is 1. The van der Waals surface area contributed by atoms with Gasteiger partial charge in [-0.2, -0.15) is 0 Å². The van der Waals surface area contributed by atoms with Crippen LogP contribution in [0.5, 0.6) is 0 Å². The largest absolute Gasteiger partial charge is 0.423 e. The van der Waals surface area contributed by atoms with E-state index in [-0.39, 0.29) is 42.2 Å². The number of aliphatic hydroxyl groups is 2. The maximum Gasteiger partial charge on any atom is 0.341 e. The Hall–Kier alpha value is -5.16. The van der Waals surface area contributed by atoms with E-state index in [4.69, 9.17) is 4.74 Å². The number of rotatable bonds is 11. The molecular weight excluding hydrogens is 729 g/mol. The molecular formula is C41H52N10O6. The van der Waals surface area contributed by atoms with Crippen LogP contribution in [0.25, 0.3) is 17.1 Å². The molecule has 6 unspecified atom stereocenters. The fourth-order valence-electron chi connectivity index (χ4n) is 9.33. The molecule has 1 aromatic carbocycles. The molecule has 16 heteroatoms. The molecule has 1 aromatic heterocycles. The highest BCUT2D eigenvalue weighted by atomic mass is 16.5. The molecule has 7 rings (SSSR count). The summed E-state index contributed by atoms with van der Waals surface area (Å²) in [7, 11) is 1.92. The first-order valence-corrected chi connectivity index (χ1v) is 19.5. The number of nitrogens with one attached hydrogen (secondary N) is 4. The second-order valence-electron chi connectivity index (χ2n) is 16.3. The quantitative estimate of drug-likeness (QED) is 0.145. The van der Waals surface area contributed by atoms with Gasteiger partial charge in [0.2, 0.25) is 23.7 Å². The molecule has 2 saturated carbocycles. The number of hydrogen-bond acceptors (Lipinski definition) is 13. The van der Waals surface area contributed by atoms with Crippen LogP contribution in [-0.2, 0) is 26.2 Å². The molecule has 302 valence electrons. The molecule has 2 aromatic rings. The minimum Gasteiger partial charge on any atom is -0.423 e. The van der Waals surface area contributed by atoms with Crippen molar-refractivity contribution in [3.63, 3.8) is 0 Å². The van der Waals surface area contributed by atoms with E-state index in [1.165, 1.54) is 0 Å². The summed E-state index contributed by atoms with van der Waals surface area (Å²) in [5.74, 6) is -0.933. The van der Waals surface area contributed by atoms with E-state index in [1.54, 1.807) is 44.8 Å². The molecule has 0 spiro atoms. The topological polar surface area (TPSA) is 216 Å². The van der Waals surface area contributed by atoms with E-state index >= 15 is 0 Å². The van der Waals surface area contributed by atoms with Crippen LogP contribution in [0.4, 0.5) is 0 Å². The number of cyclic esters (lactones) is 1. The molecule has 2 amide bonds. The molecule has 57 heavy (non-hydrogen) atoms. The number of guanidine groups is 2. The lowest BCUT2D eigenvalue weighted by atomic mass is 9.45. The van der Waals surface area contributed by atoms with E-state index < -0.39 is 47.1 Å². The van der Waals surface area contributed by atoms with E-state index in [0.717, 1.165) is 22.2 Å². The summed E-state index contributed by atoms with van der Waals surface area (Å²) < 4.78 is 7.78. The van der Waals surface area contributed by atoms with Gasteiger partial charge in [-0.3, -0.25) is 30.9 Å². The first-order valence-electron chi connectivity index (χ1n) is 19.5. The van der Waals surface area contributed by atoms with Crippen LogP contribution >= 0.6 is 0 Å². The zero-order chi connectivity index (χ0) is 40.6. The van der Waals surface area contributed by atoms with Gasteiger partial charge in [0.25, 0.3) is 0 Å². The summed E-state index contributed by atoms with van der Waals surface area (Å²) >= 11 is 0. The Morgan fingerprint density at radius 2 is 1.77 bits per heavy atom. The van der Waals surface area contributed by atoms with E-state index in [1.807, 2.05) is 36.7 Å². The van der Waals surface area contributed by atoms with Crippen molar-refractivity contribution < 1.29 is 29.3 Å². The Bertz CT molecular complexity index is 2150. The number of carbonyl (C=O) groups is 3. The SMILES string of the molecule is C=C1C(NC(C)C(=O)NC2=NCC=N2)CC2[C@](C)(CC[C@@H](O)[C@@]2(C)CO)C1CC(NC(C)C(=O)NC1=NCC=N1)C1=C/C(=C\c2ccc3c(c2)ncn3C)OC1=O. The monoisotopic (exact) mass is 780 g/mol. The number of carbonyl (C=O) groups excluding carboxylic acids is 3. The zero-order valence-corrected chi connectivity index (χ0v) is 33.0. The summed E-state index contributed by atoms with van der Waals surface area (Å²) in [6.07, 6.45) is 9.62. The number of ether oxygens (including phenoxy) is 1. The van der Waals surface area contributed by atoms with Gasteiger partial charge in [0, 0.05) is 37.0 Å². The van der Waals surface area contributed by atoms with Crippen LogP contribution < -0.4 is 21.3 Å². The molecule has 4 heterocycles. The van der Waals surface area contributed by atoms with Crippen LogP contribution in [0, 0.1) is 22.7 Å². The summed E-state index contributed by atoms with van der Waals surface area (Å²) in [5, 5.41) is 34.7. The van der Waals surface area contributed by atoms with Crippen LogP contribution in [0.1, 0.15) is 58.9 Å². The standard InChI is InChI=1S/C41H52N10O6/c1-22-28(40(4)10-9-34(53)41(5,20-52)33(40)19-29(22)47-23(2)35(54)49-38-42-11-12-43-38)18-30(48-24(3)36(55)50-39-44-13-14-45-39)27-17-26(57-37(27)56)15-25-7-8-32-31(16-25)46-21-51(32)6/h7-8,11,13,15-17,21,23-24,28-30,33-34,47-48,52-53H,1,9-10,12,14,18-20H2,2-6H3,(H,43,49,54)(H,45,50,55)/b26-15+/t23?,24?,28?,29?,30?,33?,34-,40-,41+/m1/s1. The first kappa shape index (κ1) is 40.1. The van der Waals surface area contributed by atoms with Crippen molar-refractivity contribution in [1.82, 2.24) is 30.8 Å². The van der Waals surface area contributed by atoms with Crippen molar-refractivity contribution in [2.75, 3.05) is 19.7 Å². The fraction of sp³-hybridized carbons (Fsp3) is 0.512. The minimum absolute atomic E-state index is 0.216. The van der Waals surface area contributed by atoms with Gasteiger partial charge in [0.1, 0.15) is 5.76 Å². The Labute approximate surface area is 331 Å². The van der Waals surface area contributed by atoms with Crippen LogP contribution in [0.15, 0.2) is 74.1 Å². The second kappa shape index (κ2) is 16.0. The number of fused-ring (bicyclic) bond motifs is 2. The fourth-order valence-corrected chi connectivity index (χ4v) is 9.33. The number of imidazole rings is 1. The number of amides is 2. The van der Waals surface area contributed by atoms with Crippen molar-refractivity contribution in [2.24, 2.45) is 49.7 Å². The predicted octanol–water partition coefficient (Wildman–Crippen LogP) is 1.95. The van der Waals surface area contributed by atoms with Crippen molar-refractivity contribution in [3.05, 3.63) is 59.7 Å². The molecule has 2 fully saturated rings. The average Bonchev–Trinajstić information content (AvgIpc) is 4.02. The van der Waals surface area contributed by atoms with Crippen molar-refractivity contribution in [2.45, 2.75) is 83.6 Å². The third-order valence-corrected chi connectivity index (χ3v) is 12.7. The molecule has 0 radical (unpaired) electrons. The van der Waals surface area contributed by atoms with Gasteiger partial charge < -0.3 is 19.5 Å². The summed E-state index contributed by atoms with van der Waals surface area (Å²) in [5.41, 5.74) is 2.38. The number of esters is 1. The van der Waals surface area contributed by atoms with E-state index in [0.29, 0.717) is 50.1 Å².